The maximum Gasteiger partial charge on any atom is 0.220 e. The second kappa shape index (κ2) is 60.9. The highest BCUT2D eigenvalue weighted by Crippen LogP contribution is 2.18. The lowest BCUT2D eigenvalue weighted by molar-refractivity contribution is -0.123. The average Bonchev–Trinajstić information content (AvgIpc) is 3.35. The molecule has 69 heavy (non-hydrogen) atoms. The largest absolute Gasteiger partial charge is 0.394 e. The van der Waals surface area contributed by atoms with Crippen molar-refractivity contribution in [3.05, 3.63) is 36.5 Å². The summed E-state index contributed by atoms with van der Waals surface area (Å²) in [4.78, 5) is 12.5. The topological polar surface area (TPSA) is 69.6 Å². The van der Waals surface area contributed by atoms with Crippen molar-refractivity contribution in [1.82, 2.24) is 5.32 Å². The van der Waals surface area contributed by atoms with Crippen molar-refractivity contribution in [3.63, 3.8) is 0 Å². The van der Waals surface area contributed by atoms with Crippen molar-refractivity contribution in [1.29, 1.82) is 0 Å². The molecule has 0 spiro atoms. The van der Waals surface area contributed by atoms with E-state index in [9.17, 15) is 15.0 Å². The molecule has 0 bridgehead atoms. The first-order valence-electron chi connectivity index (χ1n) is 31.7. The van der Waals surface area contributed by atoms with Gasteiger partial charge < -0.3 is 15.5 Å². The Morgan fingerprint density at radius 1 is 0.333 bits per heavy atom. The van der Waals surface area contributed by atoms with Gasteiger partial charge in [-0.2, -0.15) is 0 Å². The van der Waals surface area contributed by atoms with E-state index >= 15 is 0 Å². The van der Waals surface area contributed by atoms with Crippen molar-refractivity contribution in [2.45, 2.75) is 366 Å². The van der Waals surface area contributed by atoms with Gasteiger partial charge in [-0.15, -0.1) is 0 Å². The van der Waals surface area contributed by atoms with Gasteiger partial charge in [-0.25, -0.2) is 0 Å². The van der Waals surface area contributed by atoms with Gasteiger partial charge in [0.2, 0.25) is 5.91 Å². The van der Waals surface area contributed by atoms with Gasteiger partial charge >= 0.3 is 0 Å². The molecule has 0 aliphatic rings. The monoisotopic (exact) mass is 968 g/mol. The normalized spacial score (nSPS) is 12.9. The molecule has 0 saturated heterocycles. The van der Waals surface area contributed by atoms with E-state index < -0.39 is 12.1 Å². The van der Waals surface area contributed by atoms with Gasteiger partial charge in [-0.3, -0.25) is 4.79 Å². The van der Waals surface area contributed by atoms with Crippen LogP contribution in [-0.4, -0.2) is 34.9 Å². The Bertz CT molecular complexity index is 1050. The fourth-order valence-corrected chi connectivity index (χ4v) is 10.0. The molecule has 0 heterocycles. The Balaban J connectivity index is 3.47. The van der Waals surface area contributed by atoms with Crippen molar-refractivity contribution in [2.24, 2.45) is 0 Å². The second-order valence-electron chi connectivity index (χ2n) is 21.8. The number of hydrogen-bond donors (Lipinski definition) is 3. The van der Waals surface area contributed by atoms with Crippen LogP contribution in [0.1, 0.15) is 354 Å². The van der Waals surface area contributed by atoms with E-state index in [-0.39, 0.29) is 12.5 Å². The maximum atomic E-state index is 12.5. The third kappa shape index (κ3) is 57.4. The van der Waals surface area contributed by atoms with Crippen LogP contribution < -0.4 is 5.32 Å². The summed E-state index contributed by atoms with van der Waals surface area (Å²) in [5, 5.41) is 23.2. The van der Waals surface area contributed by atoms with Crippen LogP contribution in [0, 0.1) is 0 Å². The van der Waals surface area contributed by atoms with Crippen LogP contribution in [0.25, 0.3) is 0 Å². The van der Waals surface area contributed by atoms with Crippen molar-refractivity contribution >= 4 is 5.91 Å². The molecule has 0 rings (SSSR count). The molecule has 0 aliphatic carbocycles. The number of nitrogens with one attached hydrogen (secondary N) is 1. The average molecular weight is 969 g/mol. The predicted octanol–water partition coefficient (Wildman–Crippen LogP) is 21.2. The number of hydrogen-bond acceptors (Lipinski definition) is 3. The molecule has 4 nitrogen and oxygen atoms in total. The molecule has 0 aromatic heterocycles. The van der Waals surface area contributed by atoms with Gasteiger partial charge in [0.25, 0.3) is 0 Å². The molecule has 2 unspecified atom stereocenters. The zero-order valence-electron chi connectivity index (χ0n) is 47.1. The lowest BCUT2D eigenvalue weighted by atomic mass is 10.0. The van der Waals surface area contributed by atoms with E-state index in [4.69, 9.17) is 0 Å². The predicted molar refractivity (Wildman–Crippen MR) is 308 cm³/mol. The first-order valence-corrected chi connectivity index (χ1v) is 31.7. The molecular weight excluding hydrogens is 843 g/mol. The molecule has 0 aromatic carbocycles. The van der Waals surface area contributed by atoms with E-state index in [2.05, 4.69) is 43.5 Å². The third-order valence-electron chi connectivity index (χ3n) is 14.8. The molecule has 3 N–H and O–H groups in total. The van der Waals surface area contributed by atoms with Gasteiger partial charge in [-0.05, 0) is 57.8 Å². The Hall–Kier alpha value is -1.39. The Kier molecular flexibility index (Phi) is 59.7. The summed E-state index contributed by atoms with van der Waals surface area (Å²) < 4.78 is 0. The van der Waals surface area contributed by atoms with Crippen molar-refractivity contribution in [2.75, 3.05) is 6.61 Å². The maximum absolute atomic E-state index is 12.5. The lowest BCUT2D eigenvalue weighted by Crippen LogP contribution is -2.45. The number of allylic oxidation sites excluding steroid dienone is 5. The molecule has 2 atom stereocenters. The molecule has 0 fully saturated rings. The minimum Gasteiger partial charge on any atom is -0.394 e. The SMILES string of the molecule is CCCCCCCCCCCCCC/C=C\CCCCCCCCCCCCCCCCCCC(=O)NC(CO)C(O)/C=C/CC/C=C/CCCCCCCCCCCCCCCCCCCCC. The van der Waals surface area contributed by atoms with E-state index in [0.29, 0.717) is 6.42 Å². The molecule has 0 aliphatic heterocycles. The highest BCUT2D eigenvalue weighted by molar-refractivity contribution is 5.76. The first kappa shape index (κ1) is 67.6. The van der Waals surface area contributed by atoms with Crippen LogP contribution in [0.4, 0.5) is 0 Å². The van der Waals surface area contributed by atoms with Gasteiger partial charge in [0.1, 0.15) is 0 Å². The van der Waals surface area contributed by atoms with Gasteiger partial charge in [0, 0.05) is 6.42 Å². The highest BCUT2D eigenvalue weighted by atomic mass is 16.3. The highest BCUT2D eigenvalue weighted by Gasteiger charge is 2.18. The van der Waals surface area contributed by atoms with Crippen LogP contribution in [0.5, 0.6) is 0 Å². The summed E-state index contributed by atoms with van der Waals surface area (Å²) in [6.45, 7) is 4.34. The number of carbonyl (C=O) groups excluding carboxylic acids is 1. The molecule has 0 aromatic rings. The zero-order chi connectivity index (χ0) is 49.9. The summed E-state index contributed by atoms with van der Waals surface area (Å²) >= 11 is 0. The minimum absolute atomic E-state index is 0.0674. The van der Waals surface area contributed by atoms with Crippen molar-refractivity contribution in [3.8, 4) is 0 Å². The smallest absolute Gasteiger partial charge is 0.220 e. The van der Waals surface area contributed by atoms with Crippen LogP contribution in [0.15, 0.2) is 36.5 Å². The lowest BCUT2D eigenvalue weighted by Gasteiger charge is -2.19. The second-order valence-corrected chi connectivity index (χ2v) is 21.8. The number of rotatable bonds is 59. The van der Waals surface area contributed by atoms with Crippen molar-refractivity contribution < 1.29 is 15.0 Å². The molecule has 4 heteroatoms. The third-order valence-corrected chi connectivity index (χ3v) is 14.8. The summed E-state index contributed by atoms with van der Waals surface area (Å²) in [6.07, 6.45) is 83.5. The summed E-state index contributed by atoms with van der Waals surface area (Å²) in [6, 6.07) is -0.639. The van der Waals surface area contributed by atoms with Gasteiger partial charge in [-0.1, -0.05) is 326 Å². The first-order chi connectivity index (χ1) is 34.2. The number of aliphatic hydroxyl groups is 2. The Labute approximate surface area is 433 Å². The number of aliphatic hydroxyl groups excluding tert-OH is 2. The number of carbonyl (C=O) groups is 1. The minimum atomic E-state index is -0.862. The molecule has 0 saturated carbocycles. The van der Waals surface area contributed by atoms with E-state index in [1.54, 1.807) is 6.08 Å². The fourth-order valence-electron chi connectivity index (χ4n) is 10.0. The summed E-state index contributed by atoms with van der Waals surface area (Å²) in [5.41, 5.74) is 0. The Morgan fingerprint density at radius 3 is 0.841 bits per heavy atom. The quantitative estimate of drug-likeness (QED) is 0.0420. The standard InChI is InChI=1S/C65H125NO3/c1-3-5-7-9-11-13-15-17-19-21-23-25-27-29-30-31-32-33-34-35-37-39-41-43-45-47-49-51-53-55-57-59-61-65(69)66-63(62-67)64(68)60-58-56-54-52-50-48-46-44-42-40-38-36-28-26-24-22-20-18-16-14-12-10-8-6-4-2/h29-30,50,52,58,60,63-64,67-68H,3-28,31-49,51,53-57,59,61-62H2,1-2H3,(H,66,69)/b30-29-,52-50+,60-58+. The van der Waals surface area contributed by atoms with Gasteiger partial charge in [0.05, 0.1) is 18.8 Å². The van der Waals surface area contributed by atoms with Crippen LogP contribution >= 0.6 is 0 Å². The van der Waals surface area contributed by atoms with E-state index in [1.165, 1.54) is 302 Å². The number of unbranched alkanes of at least 4 members (excludes halogenated alkanes) is 48. The zero-order valence-corrected chi connectivity index (χ0v) is 47.1. The van der Waals surface area contributed by atoms with Crippen LogP contribution in [-0.2, 0) is 4.79 Å². The van der Waals surface area contributed by atoms with E-state index in [1.807, 2.05) is 6.08 Å². The van der Waals surface area contributed by atoms with Gasteiger partial charge in [0.15, 0.2) is 0 Å². The molecule has 408 valence electrons. The van der Waals surface area contributed by atoms with Crippen LogP contribution in [0.3, 0.4) is 0 Å². The number of amides is 1. The Morgan fingerprint density at radius 2 is 0.565 bits per heavy atom. The molecule has 1 amide bonds. The molecule has 0 radical (unpaired) electrons. The molecular formula is C65H125NO3. The van der Waals surface area contributed by atoms with Crippen LogP contribution in [0.2, 0.25) is 0 Å². The summed E-state index contributed by atoms with van der Waals surface area (Å²) in [7, 11) is 0. The summed E-state index contributed by atoms with van der Waals surface area (Å²) in [5.74, 6) is -0.0674. The fraction of sp³-hybridized carbons (Fsp3) is 0.892. The van der Waals surface area contributed by atoms with E-state index in [0.717, 1.165) is 32.1 Å².